The molecule has 1 radical (unpaired) electrons. The number of aryl methyl sites for hydroxylation is 4. The molecular weight excluding hydrogens is 887 g/mol. The smallest absolute Gasteiger partial charge is 0.216 e. The molecule has 58 heavy (non-hydrogen) atoms. The summed E-state index contributed by atoms with van der Waals surface area (Å²) >= 11 is 0. The third-order valence-corrected chi connectivity index (χ3v) is 8.87. The fraction of sp³-hybridized carbons (Fsp3) is 0.264. The van der Waals surface area contributed by atoms with Crippen molar-refractivity contribution >= 4 is 22.1 Å². The topological polar surface area (TPSA) is 51.8 Å². The summed E-state index contributed by atoms with van der Waals surface area (Å²) in [7, 11) is 0. The van der Waals surface area contributed by atoms with Gasteiger partial charge in [0.25, 0.3) is 0 Å². The van der Waals surface area contributed by atoms with E-state index in [9.17, 15) is 0 Å². The minimum Gasteiger partial charge on any atom is -0.486 e. The molecule has 0 saturated carbocycles. The second-order valence-corrected chi connectivity index (χ2v) is 15.9. The number of hydrogen-bond acceptors (Lipinski definition) is 4. The van der Waals surface area contributed by atoms with Crippen LogP contribution in [0.2, 0.25) is 0 Å². The van der Waals surface area contributed by atoms with E-state index in [1.165, 1.54) is 12.1 Å². The van der Waals surface area contributed by atoms with Gasteiger partial charge in [0.15, 0.2) is 0 Å². The SMILES string of the molecule is [2H]C([2H])([2H])c1c[c-]c(-c2ccc(C([2H])([2H])C(C)(C)C)cn2)cc1-c1ccccc1.[2H]C([2H])([2H])c1ccc2c(n1)oc1c(-c3cc(CC([2H])([2H])c4ccc(C([2H])([2H])C(C)(C)C)cc4)ccn3)[c-]ccc12.[Ir]. The third kappa shape index (κ3) is 10.8. The first-order valence-corrected chi connectivity index (χ1v) is 18.9. The summed E-state index contributed by atoms with van der Waals surface area (Å²) in [6.45, 7) is 6.49. The molecule has 297 valence electrons. The normalized spacial score (nSPS) is 15.8. The number of benzene rings is 4. The van der Waals surface area contributed by atoms with Crippen LogP contribution in [0.1, 0.15) is 91.5 Å². The van der Waals surface area contributed by atoms with E-state index in [-0.39, 0.29) is 43.5 Å². The molecule has 0 N–H and O–H groups in total. The fourth-order valence-corrected chi connectivity index (χ4v) is 6.40. The Bertz CT molecular complexity index is 3100. The predicted octanol–water partition coefficient (Wildman–Crippen LogP) is 13.6. The quantitative estimate of drug-likeness (QED) is 0.142. The van der Waals surface area contributed by atoms with Crippen molar-refractivity contribution in [3.05, 3.63) is 173 Å². The number of furan rings is 1. The van der Waals surface area contributed by atoms with E-state index in [1.54, 1.807) is 79.1 Å². The molecule has 8 rings (SSSR count). The van der Waals surface area contributed by atoms with Crippen molar-refractivity contribution in [1.82, 2.24) is 15.0 Å². The van der Waals surface area contributed by atoms with Crippen LogP contribution in [-0.4, -0.2) is 15.0 Å². The molecular formula is C53H53IrN3O-2. The average Bonchev–Trinajstić information content (AvgIpc) is 3.66. The molecule has 0 spiro atoms. The van der Waals surface area contributed by atoms with Gasteiger partial charge in [-0.15, -0.1) is 47.5 Å². The maximum atomic E-state index is 8.78. The van der Waals surface area contributed by atoms with Gasteiger partial charge in [-0.3, -0.25) is 0 Å². The number of hydrogen-bond donors (Lipinski definition) is 0. The summed E-state index contributed by atoms with van der Waals surface area (Å²) in [5, 5.41) is 1.44. The maximum absolute atomic E-state index is 8.78. The van der Waals surface area contributed by atoms with Gasteiger partial charge >= 0.3 is 0 Å². The van der Waals surface area contributed by atoms with Crippen LogP contribution in [0.3, 0.4) is 0 Å². The molecule has 0 saturated heterocycles. The zero-order valence-corrected chi connectivity index (χ0v) is 35.8. The number of fused-ring (bicyclic) bond motifs is 3. The van der Waals surface area contributed by atoms with Gasteiger partial charge in [-0.1, -0.05) is 143 Å². The van der Waals surface area contributed by atoms with Gasteiger partial charge in [-0.05, 0) is 95.1 Å². The van der Waals surface area contributed by atoms with Gasteiger partial charge in [0.05, 0.1) is 5.58 Å². The van der Waals surface area contributed by atoms with Crippen LogP contribution in [0, 0.1) is 36.7 Å². The van der Waals surface area contributed by atoms with Crippen molar-refractivity contribution in [2.75, 3.05) is 0 Å². The molecule has 0 aliphatic rings. The first kappa shape index (κ1) is 29.1. The number of aromatic nitrogens is 3. The third-order valence-electron chi connectivity index (χ3n) is 8.87. The number of rotatable bonds is 8. The Labute approximate surface area is 375 Å². The molecule has 4 nitrogen and oxygen atoms in total. The molecule has 0 amide bonds. The molecule has 4 heterocycles. The molecule has 0 bridgehead atoms. The van der Waals surface area contributed by atoms with Gasteiger partial charge in [0, 0.05) is 60.0 Å². The van der Waals surface area contributed by atoms with Crippen molar-refractivity contribution in [3.8, 4) is 33.6 Å². The summed E-state index contributed by atoms with van der Waals surface area (Å²) in [5.74, 6) is 0. The molecule has 0 aliphatic carbocycles. The van der Waals surface area contributed by atoms with Crippen molar-refractivity contribution in [2.24, 2.45) is 10.8 Å². The van der Waals surface area contributed by atoms with Gasteiger partial charge in [0.2, 0.25) is 5.71 Å². The zero-order chi connectivity index (χ0) is 50.5. The Balaban J connectivity index is 0.000000238. The van der Waals surface area contributed by atoms with Crippen molar-refractivity contribution < 1.29 is 41.0 Å². The minimum atomic E-state index is -2.35. The second-order valence-electron chi connectivity index (χ2n) is 15.9. The van der Waals surface area contributed by atoms with Crippen molar-refractivity contribution in [2.45, 2.75) is 80.8 Å². The Morgan fingerprint density at radius 2 is 1.43 bits per heavy atom. The van der Waals surface area contributed by atoms with Gasteiger partial charge in [0.1, 0.15) is 0 Å². The number of pyridine rings is 3. The van der Waals surface area contributed by atoms with Gasteiger partial charge < -0.3 is 14.4 Å². The van der Waals surface area contributed by atoms with E-state index in [2.05, 4.69) is 27.1 Å². The number of nitrogens with zero attached hydrogens (tertiary/aromatic N) is 3. The van der Waals surface area contributed by atoms with Crippen LogP contribution in [0.4, 0.5) is 0 Å². The van der Waals surface area contributed by atoms with E-state index in [0.717, 1.165) is 10.9 Å². The van der Waals surface area contributed by atoms with Crippen LogP contribution >= 0.6 is 0 Å². The molecule has 0 unspecified atom stereocenters. The molecule has 4 aromatic carbocycles. The minimum absolute atomic E-state index is 0. The molecule has 0 fully saturated rings. The van der Waals surface area contributed by atoms with Crippen molar-refractivity contribution in [3.63, 3.8) is 0 Å². The zero-order valence-electron chi connectivity index (χ0n) is 45.4. The summed E-state index contributed by atoms with van der Waals surface area (Å²) < 4.78 is 104. The van der Waals surface area contributed by atoms with Gasteiger partial charge in [-0.2, -0.15) is 0 Å². The van der Waals surface area contributed by atoms with Crippen LogP contribution in [0.5, 0.6) is 0 Å². The average molecular weight is 952 g/mol. The van der Waals surface area contributed by atoms with E-state index >= 15 is 0 Å². The largest absolute Gasteiger partial charge is 0.486 e. The standard InChI is InChI=1S/C30H29N2O.C23H24N.Ir/c1-20-8-15-25-24-6-5-7-26(28(24)33-29(25)32-20)27-18-22(16-17-31-27)12-9-21-10-13-23(14-11-21)19-30(2,3)4;1-17-10-12-20(14-21(17)19-8-6-5-7-9-19)22-13-11-18(16-24-22)15-23(2,3)4;/h5-6,8,10-11,13-18H,9,12,19H2,1-4H3;5-11,13-14,16H,15H2,1-4H3;/q2*-1;/i1D3,9D2,19D2;1D3,15D2;. The van der Waals surface area contributed by atoms with E-state index in [0.29, 0.717) is 61.3 Å². The molecule has 0 atom stereocenters. The first-order chi connectivity index (χ1) is 32.0. The fourth-order valence-electron chi connectivity index (χ4n) is 6.40. The van der Waals surface area contributed by atoms with Crippen LogP contribution in [0.25, 0.3) is 55.7 Å². The second kappa shape index (κ2) is 18.1. The van der Waals surface area contributed by atoms with Crippen LogP contribution < -0.4 is 0 Å². The first-order valence-electron chi connectivity index (χ1n) is 24.9. The van der Waals surface area contributed by atoms with E-state index in [1.807, 2.05) is 77.9 Å². The van der Waals surface area contributed by atoms with Crippen LogP contribution in [0.15, 0.2) is 132 Å². The predicted molar refractivity (Wildman–Crippen MR) is 237 cm³/mol. The monoisotopic (exact) mass is 952 g/mol. The van der Waals surface area contributed by atoms with E-state index < -0.39 is 43.7 Å². The van der Waals surface area contributed by atoms with Crippen molar-refractivity contribution in [1.29, 1.82) is 0 Å². The molecule has 8 aromatic rings. The Morgan fingerprint density at radius 1 is 0.690 bits per heavy atom. The molecule has 4 aromatic heterocycles. The maximum Gasteiger partial charge on any atom is 0.216 e. The van der Waals surface area contributed by atoms with Crippen LogP contribution in [-0.2, 0) is 45.6 Å². The summed E-state index contributed by atoms with van der Waals surface area (Å²) in [4.78, 5) is 13.1. The summed E-state index contributed by atoms with van der Waals surface area (Å²) in [6, 6.07) is 39.3. The molecule has 5 heteroatoms. The summed E-state index contributed by atoms with van der Waals surface area (Å²) in [5.41, 5.74) is 5.76. The van der Waals surface area contributed by atoms with E-state index in [4.69, 9.17) is 20.9 Å². The van der Waals surface area contributed by atoms with Gasteiger partial charge in [-0.25, -0.2) is 4.98 Å². The summed E-state index contributed by atoms with van der Waals surface area (Å²) in [6.07, 6.45) is -1.56. The Morgan fingerprint density at radius 3 is 2.14 bits per heavy atom. The Kier molecular flexibility index (Phi) is 9.09. The Hall–Kier alpha value is -5.22. The molecule has 0 aliphatic heterocycles.